The van der Waals surface area contributed by atoms with Crippen molar-refractivity contribution in [2.45, 2.75) is 186 Å². The molecule has 2 amide bonds. The van der Waals surface area contributed by atoms with Crippen molar-refractivity contribution in [3.8, 4) is 0 Å². The zero-order valence-electron chi connectivity index (χ0n) is 29.3. The average Bonchev–Trinajstić information content (AvgIpc) is 3.01. The quantitative estimate of drug-likeness (QED) is 0.0270. The summed E-state index contributed by atoms with van der Waals surface area (Å²) in [7, 11) is 0. The number of hydrogen-bond donors (Lipinski definition) is 7. The predicted octanol–water partition coefficient (Wildman–Crippen LogP) is 5.72. The van der Waals surface area contributed by atoms with Crippen LogP contribution in [0.2, 0.25) is 0 Å². The number of nitrogens with one attached hydrogen (secondary N) is 2. The van der Waals surface area contributed by atoms with Crippen molar-refractivity contribution in [3.63, 3.8) is 0 Å². The summed E-state index contributed by atoms with van der Waals surface area (Å²) in [5, 5.41) is 33.2. The lowest BCUT2D eigenvalue weighted by Gasteiger charge is -2.20. The van der Waals surface area contributed by atoms with Gasteiger partial charge >= 0.3 is 5.97 Å². The van der Waals surface area contributed by atoms with Crippen molar-refractivity contribution >= 4 is 41.3 Å². The van der Waals surface area contributed by atoms with E-state index < -0.39 is 24.3 Å². The Labute approximate surface area is 289 Å². The standard InChI is InChI=1S/C33H63N3O7.C2H4OS/c1-2-29(37)27(34)21-19-20-26-35-30(38)25-24-28(33(42)43)36-31(39)22-17-15-13-11-9-7-5-3-4-6-8-10-12-14-16-18-23-32(40)41;1-2(3)4/h27-28,33,42-43H,2-26,34H2,1H3,(H,35,38)(H,36,39)(H,40,41);1H3,(H,3,4). The number of carboxylic acid groups (broad SMARTS) is 1. The van der Waals surface area contributed by atoms with Crippen LogP contribution in [0.25, 0.3) is 0 Å². The Hall–Kier alpha value is -2.02. The highest BCUT2D eigenvalue weighted by Gasteiger charge is 2.20. The molecule has 0 aliphatic carbocycles. The molecule has 0 saturated carbocycles. The van der Waals surface area contributed by atoms with E-state index in [1.54, 1.807) is 6.92 Å². The maximum absolute atomic E-state index is 12.3. The first kappa shape index (κ1) is 47.1. The SMILES string of the molecule is CC(=O)S.CCC(=O)C(N)CCCCNC(=O)CCC(NC(=O)CCCCCCCCCCCCCCCCCCC(=O)O)C(O)O. The third kappa shape index (κ3) is 36.7. The minimum Gasteiger partial charge on any atom is -0.481 e. The molecule has 0 bridgehead atoms. The van der Waals surface area contributed by atoms with Crippen LogP contribution in [0.4, 0.5) is 0 Å². The summed E-state index contributed by atoms with van der Waals surface area (Å²) < 4.78 is 0. The van der Waals surface area contributed by atoms with Crippen LogP contribution >= 0.6 is 12.6 Å². The number of carbonyl (C=O) groups is 5. The number of nitrogens with two attached hydrogens (primary N) is 1. The van der Waals surface area contributed by atoms with Crippen molar-refractivity contribution < 1.29 is 39.3 Å². The Morgan fingerprint density at radius 3 is 1.47 bits per heavy atom. The Morgan fingerprint density at radius 1 is 0.638 bits per heavy atom. The molecule has 0 heterocycles. The van der Waals surface area contributed by atoms with Crippen LogP contribution < -0.4 is 16.4 Å². The summed E-state index contributed by atoms with van der Waals surface area (Å²) >= 11 is 3.33. The van der Waals surface area contributed by atoms with Gasteiger partial charge in [0.1, 0.15) is 5.78 Å². The Bertz CT molecular complexity index is 825. The van der Waals surface area contributed by atoms with Gasteiger partial charge in [0.05, 0.1) is 12.1 Å². The fraction of sp³-hybridized carbons (Fsp3) is 0.857. The van der Waals surface area contributed by atoms with E-state index in [0.717, 1.165) is 44.9 Å². The zero-order valence-corrected chi connectivity index (χ0v) is 30.2. The molecule has 2 atom stereocenters. The van der Waals surface area contributed by atoms with Crippen LogP contribution in [-0.2, 0) is 24.0 Å². The summed E-state index contributed by atoms with van der Waals surface area (Å²) in [5.41, 5.74) is 5.79. The fourth-order valence-electron chi connectivity index (χ4n) is 5.13. The molecule has 0 aromatic rings. The van der Waals surface area contributed by atoms with Gasteiger partial charge < -0.3 is 31.7 Å². The number of thiol groups is 1. The highest BCUT2D eigenvalue weighted by atomic mass is 32.1. The molecule has 11 nitrogen and oxygen atoms in total. The summed E-state index contributed by atoms with van der Waals surface area (Å²) in [5.74, 6) is -1.09. The first-order valence-corrected chi connectivity index (χ1v) is 18.5. The molecule has 0 saturated heterocycles. The molecule has 0 aromatic carbocycles. The number of unbranched alkanes of at least 4 members (excludes halogenated alkanes) is 16. The van der Waals surface area contributed by atoms with E-state index in [9.17, 15) is 34.2 Å². The summed E-state index contributed by atoms with van der Waals surface area (Å²) in [4.78, 5) is 55.6. The number of rotatable bonds is 31. The lowest BCUT2D eigenvalue weighted by atomic mass is 10.0. The van der Waals surface area contributed by atoms with Crippen LogP contribution in [0.5, 0.6) is 0 Å². The van der Waals surface area contributed by atoms with Crippen LogP contribution in [-0.4, -0.2) is 68.9 Å². The molecule has 0 aromatic heterocycles. The molecule has 2 unspecified atom stereocenters. The van der Waals surface area contributed by atoms with E-state index in [4.69, 9.17) is 10.8 Å². The predicted molar refractivity (Wildman–Crippen MR) is 190 cm³/mol. The number of hydrogen-bond acceptors (Lipinski definition) is 8. The molecule has 0 fully saturated rings. The van der Waals surface area contributed by atoms with Crippen molar-refractivity contribution in [2.24, 2.45) is 5.73 Å². The number of ketones is 1. The molecule has 0 aliphatic rings. The van der Waals surface area contributed by atoms with Crippen LogP contribution in [0.15, 0.2) is 0 Å². The number of aliphatic carboxylic acids is 1. The molecule has 47 heavy (non-hydrogen) atoms. The number of aliphatic hydroxyl groups is 2. The minimum absolute atomic E-state index is 0.0421. The van der Waals surface area contributed by atoms with Crippen molar-refractivity contribution in [1.82, 2.24) is 10.6 Å². The number of Topliss-reactive ketones (excluding diaryl/α,β-unsaturated/α-hetero) is 1. The molecule has 7 N–H and O–H groups in total. The number of aliphatic hydroxyl groups excluding tert-OH is 1. The molecule has 276 valence electrons. The second-order valence-corrected chi connectivity index (χ2v) is 13.1. The second kappa shape index (κ2) is 33.9. The summed E-state index contributed by atoms with van der Waals surface area (Å²) in [6, 6.07) is -1.33. The van der Waals surface area contributed by atoms with E-state index in [2.05, 4.69) is 23.3 Å². The van der Waals surface area contributed by atoms with Crippen LogP contribution in [0.3, 0.4) is 0 Å². The van der Waals surface area contributed by atoms with Gasteiger partial charge in [-0.1, -0.05) is 96.8 Å². The zero-order chi connectivity index (χ0) is 35.7. The smallest absolute Gasteiger partial charge is 0.303 e. The van der Waals surface area contributed by atoms with Crippen LogP contribution in [0, 0.1) is 0 Å². The van der Waals surface area contributed by atoms with Gasteiger partial charge in [-0.15, -0.1) is 12.6 Å². The summed E-state index contributed by atoms with van der Waals surface area (Å²) in [6.45, 7) is 3.64. The highest BCUT2D eigenvalue weighted by molar-refractivity contribution is 7.96. The number of carbonyl (C=O) groups excluding carboxylic acids is 4. The molecular formula is C35H67N3O8S. The third-order valence-electron chi connectivity index (χ3n) is 7.96. The van der Waals surface area contributed by atoms with Gasteiger partial charge in [-0.25, -0.2) is 0 Å². The molecular weight excluding hydrogens is 622 g/mol. The first-order chi connectivity index (χ1) is 22.4. The Kier molecular flexibility index (Phi) is 33.9. The molecule has 0 rings (SSSR count). The minimum atomic E-state index is -1.73. The Balaban J connectivity index is 0. The largest absolute Gasteiger partial charge is 0.481 e. The second-order valence-electron chi connectivity index (χ2n) is 12.5. The number of carboxylic acids is 1. The first-order valence-electron chi connectivity index (χ1n) is 18.0. The van der Waals surface area contributed by atoms with Gasteiger partial charge in [0.2, 0.25) is 11.8 Å². The molecule has 12 heteroatoms. The van der Waals surface area contributed by atoms with Gasteiger partial charge in [0.25, 0.3) is 0 Å². The molecule has 0 radical (unpaired) electrons. The lowest BCUT2D eigenvalue weighted by Crippen LogP contribution is -2.44. The van der Waals surface area contributed by atoms with Gasteiger partial charge in [-0.3, -0.25) is 24.0 Å². The van der Waals surface area contributed by atoms with Crippen molar-refractivity contribution in [3.05, 3.63) is 0 Å². The lowest BCUT2D eigenvalue weighted by molar-refractivity contribution is -0.137. The van der Waals surface area contributed by atoms with Crippen LogP contribution in [0.1, 0.15) is 168 Å². The van der Waals surface area contributed by atoms with Gasteiger partial charge in [0.15, 0.2) is 11.4 Å². The van der Waals surface area contributed by atoms with E-state index in [0.29, 0.717) is 38.6 Å². The third-order valence-corrected chi connectivity index (χ3v) is 7.96. The van der Waals surface area contributed by atoms with E-state index in [-0.39, 0.29) is 35.6 Å². The average molecular weight is 690 g/mol. The maximum Gasteiger partial charge on any atom is 0.303 e. The normalized spacial score (nSPS) is 12.1. The van der Waals surface area contributed by atoms with Crippen molar-refractivity contribution in [2.75, 3.05) is 6.54 Å². The van der Waals surface area contributed by atoms with Crippen molar-refractivity contribution in [1.29, 1.82) is 0 Å². The molecule has 0 aliphatic heterocycles. The van der Waals surface area contributed by atoms with Gasteiger partial charge in [-0.05, 0) is 38.5 Å². The van der Waals surface area contributed by atoms with E-state index >= 15 is 0 Å². The number of amides is 2. The summed E-state index contributed by atoms with van der Waals surface area (Å²) in [6.07, 6.45) is 19.9. The van der Waals surface area contributed by atoms with E-state index in [1.165, 1.54) is 71.1 Å². The maximum atomic E-state index is 12.3. The fourth-order valence-corrected chi connectivity index (χ4v) is 5.13. The highest BCUT2D eigenvalue weighted by Crippen LogP contribution is 2.14. The molecule has 0 spiro atoms. The Morgan fingerprint density at radius 2 is 1.06 bits per heavy atom. The monoisotopic (exact) mass is 689 g/mol. The topological polar surface area (TPSA) is 196 Å². The van der Waals surface area contributed by atoms with Gasteiger partial charge in [0, 0.05) is 39.2 Å². The van der Waals surface area contributed by atoms with Gasteiger partial charge in [-0.2, -0.15) is 0 Å². The van der Waals surface area contributed by atoms with E-state index in [1.807, 2.05) is 0 Å².